The quantitative estimate of drug-likeness (QED) is 0.177. The normalized spacial score (nSPS) is 28.8. The second kappa shape index (κ2) is 10.6. The summed E-state index contributed by atoms with van der Waals surface area (Å²) in [7, 11) is 0. The summed E-state index contributed by atoms with van der Waals surface area (Å²) in [6.07, 6.45) is 0.792. The van der Waals surface area contributed by atoms with Crippen LogP contribution in [-0.2, 0) is 19.7 Å². The first-order valence-electron chi connectivity index (χ1n) is 15.2. The molecule has 1 aliphatic carbocycles. The fraction of sp³-hybridized carbons (Fsp3) is 0.306. The largest absolute Gasteiger partial charge is 0.454 e. The molecule has 1 saturated carbocycles. The number of pyridine rings is 1. The Bertz CT molecular complexity index is 1850. The fourth-order valence-corrected chi connectivity index (χ4v) is 9.48. The Kier molecular flexibility index (Phi) is 6.80. The van der Waals surface area contributed by atoms with Gasteiger partial charge in [0, 0.05) is 33.8 Å². The Morgan fingerprint density at radius 1 is 0.848 bits per heavy atom. The number of hydrogen-bond donors (Lipinski definition) is 1. The zero-order valence-electron chi connectivity index (χ0n) is 24.5. The number of hydrogen-bond acceptors (Lipinski definition) is 5. The number of esters is 1. The SMILES string of the molecule is O=C1O[C@@H](c2ccccc2)[C@@H](c2ccccc2)N2[C@@H]1[C@H](c1ccnc(Cl)c1)[C@@]1(C(=O)Nc3cc(Cl)ccc31)C21CC(CF)(CF)C1. The summed E-state index contributed by atoms with van der Waals surface area (Å²) in [5.74, 6) is -1.73. The zero-order valence-corrected chi connectivity index (χ0v) is 26.0. The van der Waals surface area contributed by atoms with Crippen molar-refractivity contribution in [3.8, 4) is 0 Å². The van der Waals surface area contributed by atoms with E-state index in [1.165, 1.54) is 0 Å². The van der Waals surface area contributed by atoms with Crippen LogP contribution in [0.25, 0.3) is 0 Å². The van der Waals surface area contributed by atoms with Gasteiger partial charge in [-0.05, 0) is 59.4 Å². The van der Waals surface area contributed by atoms with Crippen molar-refractivity contribution in [1.82, 2.24) is 9.88 Å². The van der Waals surface area contributed by atoms with E-state index in [1.54, 1.807) is 36.5 Å². The minimum Gasteiger partial charge on any atom is -0.454 e. The van der Waals surface area contributed by atoms with Crippen molar-refractivity contribution in [2.75, 3.05) is 18.7 Å². The average molecular weight is 661 g/mol. The third-order valence-corrected chi connectivity index (χ3v) is 11.1. The summed E-state index contributed by atoms with van der Waals surface area (Å²) < 4.78 is 36.2. The number of carbonyl (C=O) groups is 2. The van der Waals surface area contributed by atoms with E-state index in [-0.39, 0.29) is 23.9 Å². The number of carbonyl (C=O) groups excluding carboxylic acids is 2. The van der Waals surface area contributed by atoms with Gasteiger partial charge in [-0.2, -0.15) is 0 Å². The van der Waals surface area contributed by atoms with E-state index < -0.39 is 59.8 Å². The summed E-state index contributed by atoms with van der Waals surface area (Å²) >= 11 is 12.9. The number of ether oxygens (including phenoxy) is 1. The number of aromatic nitrogens is 1. The van der Waals surface area contributed by atoms with Gasteiger partial charge in [0.25, 0.3) is 0 Å². The highest BCUT2D eigenvalue weighted by Crippen LogP contribution is 2.74. The predicted molar refractivity (Wildman–Crippen MR) is 170 cm³/mol. The molecule has 1 N–H and O–H groups in total. The van der Waals surface area contributed by atoms with Gasteiger partial charge in [-0.15, -0.1) is 0 Å². The molecule has 3 aromatic carbocycles. The van der Waals surface area contributed by atoms with Gasteiger partial charge in [0.2, 0.25) is 5.91 Å². The molecule has 4 heterocycles. The first-order chi connectivity index (χ1) is 22.3. The van der Waals surface area contributed by atoms with Gasteiger partial charge < -0.3 is 10.1 Å². The Morgan fingerprint density at radius 3 is 2.17 bits per heavy atom. The maximum Gasteiger partial charge on any atom is 0.324 e. The lowest BCUT2D eigenvalue weighted by Gasteiger charge is -2.64. The summed E-state index contributed by atoms with van der Waals surface area (Å²) in [5.41, 5.74) is -0.634. The molecule has 0 radical (unpaired) electrons. The third-order valence-electron chi connectivity index (χ3n) is 10.7. The molecular weight excluding hydrogens is 631 g/mol. The van der Waals surface area contributed by atoms with E-state index >= 15 is 0 Å². The fourth-order valence-electron chi connectivity index (χ4n) is 9.13. The predicted octanol–water partition coefficient (Wildman–Crippen LogP) is 7.54. The molecule has 0 bridgehead atoms. The van der Waals surface area contributed by atoms with Gasteiger partial charge in [-0.3, -0.25) is 23.3 Å². The van der Waals surface area contributed by atoms with Crippen LogP contribution < -0.4 is 5.32 Å². The molecule has 6 nitrogen and oxygen atoms in total. The van der Waals surface area contributed by atoms with E-state index in [4.69, 9.17) is 27.9 Å². The summed E-state index contributed by atoms with van der Waals surface area (Å²) in [4.78, 5) is 35.8. The highest BCUT2D eigenvalue weighted by molar-refractivity contribution is 6.31. The number of anilines is 1. The van der Waals surface area contributed by atoms with Gasteiger partial charge in [-0.1, -0.05) is 89.9 Å². The number of rotatable bonds is 5. The number of benzene rings is 3. The molecule has 1 amide bonds. The number of nitrogens with one attached hydrogen (secondary N) is 1. The summed E-state index contributed by atoms with van der Waals surface area (Å²) in [6, 6.07) is 26.1. The molecule has 5 atom stereocenters. The van der Waals surface area contributed by atoms with Crippen LogP contribution in [0.2, 0.25) is 10.2 Å². The van der Waals surface area contributed by atoms with Crippen molar-refractivity contribution in [2.24, 2.45) is 5.41 Å². The van der Waals surface area contributed by atoms with Gasteiger partial charge in [0.1, 0.15) is 22.7 Å². The lowest BCUT2D eigenvalue weighted by molar-refractivity contribution is -0.200. The molecule has 2 saturated heterocycles. The molecule has 8 rings (SSSR count). The standard InChI is InChI=1S/C36H29Cl2F2N3O3/c37-24-11-12-25-26(16-24)42-33(45)36(25)28(23-13-14-41-27(38)15-23)30-32(44)46-31(22-9-5-2-6-10-22)29(21-7-3-1-4-8-21)43(30)35(36)17-34(18-35,19-39)20-40/h1-16,28-31H,17-20H2,(H,42,45)/t28-,29+,30+,31-,36-/m0/s1. The van der Waals surface area contributed by atoms with Gasteiger partial charge >= 0.3 is 5.97 Å². The molecular formula is C36H29Cl2F2N3O3. The molecule has 3 aliphatic heterocycles. The number of nitrogens with zero attached hydrogens (tertiary/aromatic N) is 2. The highest BCUT2D eigenvalue weighted by atomic mass is 35.5. The first kappa shape index (κ1) is 29.5. The van der Waals surface area contributed by atoms with Crippen molar-refractivity contribution < 1.29 is 23.1 Å². The lowest BCUT2D eigenvalue weighted by atomic mass is 9.45. The molecule has 234 valence electrons. The highest BCUT2D eigenvalue weighted by Gasteiger charge is 2.82. The van der Waals surface area contributed by atoms with Crippen LogP contribution in [0, 0.1) is 5.41 Å². The van der Waals surface area contributed by atoms with E-state index in [9.17, 15) is 18.4 Å². The van der Waals surface area contributed by atoms with Gasteiger partial charge in [0.15, 0.2) is 0 Å². The van der Waals surface area contributed by atoms with Crippen molar-refractivity contribution >= 4 is 40.8 Å². The molecule has 1 aromatic heterocycles. The Hall–Kier alpha value is -3.85. The topological polar surface area (TPSA) is 71.5 Å². The number of fused-ring (bicyclic) bond motifs is 5. The van der Waals surface area contributed by atoms with Crippen molar-refractivity contribution in [3.63, 3.8) is 0 Å². The number of cyclic esters (lactones) is 1. The van der Waals surface area contributed by atoms with Crippen molar-refractivity contribution in [3.05, 3.63) is 130 Å². The molecule has 0 unspecified atom stereocenters. The Balaban J connectivity index is 1.47. The van der Waals surface area contributed by atoms with Crippen molar-refractivity contribution in [1.29, 1.82) is 0 Å². The maximum atomic E-state index is 14.9. The monoisotopic (exact) mass is 659 g/mol. The van der Waals surface area contributed by atoms with Crippen LogP contribution in [-0.4, -0.2) is 46.7 Å². The van der Waals surface area contributed by atoms with Gasteiger partial charge in [-0.25, -0.2) is 4.98 Å². The lowest BCUT2D eigenvalue weighted by Crippen LogP contribution is -2.72. The van der Waals surface area contributed by atoms with Crippen LogP contribution >= 0.6 is 23.2 Å². The van der Waals surface area contributed by atoms with Crippen molar-refractivity contribution in [2.45, 2.75) is 47.9 Å². The van der Waals surface area contributed by atoms with Crippen LogP contribution in [0.1, 0.15) is 53.2 Å². The number of halogens is 4. The number of alkyl halides is 2. The molecule has 4 aliphatic rings. The first-order valence-corrected chi connectivity index (χ1v) is 16.0. The summed E-state index contributed by atoms with van der Waals surface area (Å²) in [5, 5.41) is 3.67. The van der Waals surface area contributed by atoms with E-state index in [2.05, 4.69) is 15.2 Å². The zero-order chi connectivity index (χ0) is 31.8. The Morgan fingerprint density at radius 2 is 1.52 bits per heavy atom. The van der Waals surface area contributed by atoms with Gasteiger partial charge in [0.05, 0.1) is 19.4 Å². The van der Waals surface area contributed by atoms with E-state index in [1.807, 2.05) is 60.7 Å². The Labute approximate surface area is 274 Å². The minimum absolute atomic E-state index is 0.00637. The second-order valence-electron chi connectivity index (χ2n) is 13.0. The average Bonchev–Trinajstić information content (AvgIpc) is 3.50. The van der Waals surface area contributed by atoms with E-state index in [0.717, 1.165) is 11.1 Å². The van der Waals surface area contributed by atoms with Crippen LogP contribution in [0.3, 0.4) is 0 Å². The number of amides is 1. The van der Waals surface area contributed by atoms with Crippen LogP contribution in [0.4, 0.5) is 14.5 Å². The minimum atomic E-state index is -1.46. The van der Waals surface area contributed by atoms with E-state index in [0.29, 0.717) is 21.8 Å². The number of morpholine rings is 1. The smallest absolute Gasteiger partial charge is 0.324 e. The molecule has 46 heavy (non-hydrogen) atoms. The molecule has 4 aromatic rings. The summed E-state index contributed by atoms with van der Waals surface area (Å²) in [6.45, 7) is -1.80. The third kappa shape index (κ3) is 3.87. The van der Waals surface area contributed by atoms with Crippen LogP contribution in [0.5, 0.6) is 0 Å². The second-order valence-corrected chi connectivity index (χ2v) is 13.8. The van der Waals surface area contributed by atoms with Crippen LogP contribution in [0.15, 0.2) is 97.2 Å². The molecule has 3 fully saturated rings. The molecule has 2 spiro atoms. The molecule has 10 heteroatoms. The maximum absolute atomic E-state index is 14.9.